The number of nitrogens with two attached hydrogens (primary N) is 3. The summed E-state index contributed by atoms with van der Waals surface area (Å²) in [5.74, 6) is -3.07. The van der Waals surface area contributed by atoms with E-state index in [0.717, 1.165) is 0 Å². The van der Waals surface area contributed by atoms with Crippen LogP contribution in [-0.2, 0) is 68.3 Å². The number of carbonyl (C=O) groups is 8. The molecule has 0 aromatic heterocycles. The Morgan fingerprint density at radius 2 is 0.699 bits per heavy atom. The number of primary sulfonamides is 3. The molecular formula is C53H78N10O17S3. The van der Waals surface area contributed by atoms with Crippen molar-refractivity contribution in [1.29, 1.82) is 0 Å². The monoisotopic (exact) mass is 1220 g/mol. The molecular weight excluding hydrogens is 1140 g/mol. The van der Waals surface area contributed by atoms with E-state index in [2.05, 4.69) is 37.2 Å². The first kappa shape index (κ1) is 70.5. The van der Waals surface area contributed by atoms with Crippen LogP contribution in [0.15, 0.2) is 87.5 Å². The molecule has 0 saturated carbocycles. The van der Waals surface area contributed by atoms with Crippen LogP contribution in [0, 0.1) is 5.41 Å². The van der Waals surface area contributed by atoms with Crippen LogP contribution in [0.2, 0.25) is 0 Å². The fourth-order valence-corrected chi connectivity index (χ4v) is 8.89. The lowest BCUT2D eigenvalue weighted by atomic mass is 9.83. The van der Waals surface area contributed by atoms with Gasteiger partial charge in [0.2, 0.25) is 53.7 Å². The maximum atomic E-state index is 13.7. The molecule has 3 aromatic carbocycles. The number of Topliss-reactive ketones (excluding diaryl/α,β-unsaturated/α-hetero) is 1. The van der Waals surface area contributed by atoms with Crippen LogP contribution >= 0.6 is 0 Å². The van der Waals surface area contributed by atoms with E-state index in [0.29, 0.717) is 25.7 Å². The SMILES string of the molecule is CCC(C)(C)C(=O)CCCC(=O)NC(COCCC(=O)NCCCNC(=O)c1ccc(S(N)(=O)=O)cc1)(COCCC(=O)NCCCNC(=O)c1ccc(S(N)(=O)=O)cc1)COCCC(=O)NCCCNC(=O)c1ccc(S(N)(=O)=O)cc1. The summed E-state index contributed by atoms with van der Waals surface area (Å²) >= 11 is 0. The number of ether oxygens (including phenoxy) is 3. The summed E-state index contributed by atoms with van der Waals surface area (Å²) < 4.78 is 87.1. The molecule has 0 aliphatic carbocycles. The van der Waals surface area contributed by atoms with E-state index in [4.69, 9.17) is 29.6 Å². The molecule has 27 nitrogen and oxygen atoms in total. The first-order valence-corrected chi connectivity index (χ1v) is 31.3. The van der Waals surface area contributed by atoms with Crippen molar-refractivity contribution in [2.45, 2.75) is 105 Å². The van der Waals surface area contributed by atoms with Gasteiger partial charge < -0.3 is 51.4 Å². The predicted molar refractivity (Wildman–Crippen MR) is 303 cm³/mol. The van der Waals surface area contributed by atoms with Crippen molar-refractivity contribution in [3.8, 4) is 0 Å². The van der Waals surface area contributed by atoms with E-state index < -0.39 is 82.4 Å². The van der Waals surface area contributed by atoms with Gasteiger partial charge in [0.15, 0.2) is 0 Å². The highest BCUT2D eigenvalue weighted by atomic mass is 32.2. The van der Waals surface area contributed by atoms with Gasteiger partial charge in [-0.15, -0.1) is 0 Å². The summed E-state index contributed by atoms with van der Waals surface area (Å²) in [6.45, 7) is 5.38. The number of ketones is 1. The van der Waals surface area contributed by atoms with Gasteiger partial charge in [-0.3, -0.25) is 38.4 Å². The van der Waals surface area contributed by atoms with Crippen molar-refractivity contribution in [3.05, 3.63) is 89.5 Å². The molecule has 0 unspecified atom stereocenters. The van der Waals surface area contributed by atoms with Gasteiger partial charge in [0.25, 0.3) is 17.7 Å². The predicted octanol–water partition coefficient (Wildman–Crippen LogP) is -0.0118. The summed E-state index contributed by atoms with van der Waals surface area (Å²) in [5.41, 5.74) is -1.42. The zero-order chi connectivity index (χ0) is 61.7. The van der Waals surface area contributed by atoms with Crippen LogP contribution in [0.1, 0.15) is 116 Å². The molecule has 3 aromatic rings. The highest BCUT2D eigenvalue weighted by Gasteiger charge is 2.34. The molecule has 7 amide bonds. The third-order valence-corrected chi connectivity index (χ3v) is 15.4. The Kier molecular flexibility index (Phi) is 29.5. The van der Waals surface area contributed by atoms with Crippen molar-refractivity contribution in [2.24, 2.45) is 20.8 Å². The molecule has 0 radical (unpaired) electrons. The molecule has 0 bridgehead atoms. The Bertz CT molecular complexity index is 2720. The van der Waals surface area contributed by atoms with E-state index in [9.17, 15) is 63.6 Å². The Balaban J connectivity index is 1.60. The summed E-state index contributed by atoms with van der Waals surface area (Å²) in [4.78, 5) is 102. The van der Waals surface area contributed by atoms with E-state index in [1.54, 1.807) is 0 Å². The third-order valence-electron chi connectivity index (χ3n) is 12.6. The van der Waals surface area contributed by atoms with Crippen molar-refractivity contribution < 1.29 is 77.8 Å². The molecule has 460 valence electrons. The largest absolute Gasteiger partial charge is 0.378 e. The maximum Gasteiger partial charge on any atom is 0.251 e. The molecule has 3 rings (SSSR count). The van der Waals surface area contributed by atoms with Gasteiger partial charge in [-0.05, 0) is 105 Å². The molecule has 83 heavy (non-hydrogen) atoms. The van der Waals surface area contributed by atoms with Gasteiger partial charge in [0, 0.05) is 93.5 Å². The number of carbonyl (C=O) groups excluding carboxylic acids is 8. The molecule has 30 heteroatoms. The Morgan fingerprint density at radius 3 is 0.976 bits per heavy atom. The third kappa shape index (κ3) is 27.5. The zero-order valence-corrected chi connectivity index (χ0v) is 49.3. The minimum Gasteiger partial charge on any atom is -0.378 e. The number of benzene rings is 3. The molecule has 0 atom stereocenters. The summed E-state index contributed by atoms with van der Waals surface area (Å²) in [5, 5.41) is 34.5. The van der Waals surface area contributed by atoms with Crippen LogP contribution in [0.5, 0.6) is 0 Å². The second-order valence-corrected chi connectivity index (χ2v) is 24.5. The van der Waals surface area contributed by atoms with E-state index >= 15 is 0 Å². The van der Waals surface area contributed by atoms with E-state index in [1.807, 2.05) is 20.8 Å². The minimum atomic E-state index is -3.93. The summed E-state index contributed by atoms with van der Waals surface area (Å²) in [6, 6.07) is 15.2. The van der Waals surface area contributed by atoms with Crippen molar-refractivity contribution in [1.82, 2.24) is 37.2 Å². The topological polar surface area (TPSA) is 429 Å². The number of rotatable bonds is 40. The number of sulfonamides is 3. The minimum absolute atomic E-state index is 0.0107. The quantitative estimate of drug-likeness (QED) is 0.0335. The summed E-state index contributed by atoms with van der Waals surface area (Å²) in [6.07, 6.45) is 1.57. The molecule has 0 aliphatic rings. The van der Waals surface area contributed by atoms with Gasteiger partial charge in [-0.1, -0.05) is 20.8 Å². The first-order valence-electron chi connectivity index (χ1n) is 26.7. The Hall–Kier alpha value is -6.77. The second-order valence-electron chi connectivity index (χ2n) is 19.8. The molecule has 0 fully saturated rings. The van der Waals surface area contributed by atoms with Gasteiger partial charge in [-0.2, -0.15) is 0 Å². The standard InChI is InChI=1S/C53H78N10O17S3/c1-4-52(2,3)44(64)9-5-10-48(68)63-53(35-78-32-23-45(65)57-26-6-29-60-49(69)38-11-17-41(18-12-38)81(54,72)73,36-79-33-24-46(66)58-27-7-30-61-50(70)39-13-19-42(20-14-39)82(55,74)75)37-80-34-25-47(67)59-28-8-31-62-51(71)40-15-21-43(22-16-40)83(56,76)77/h11-22H,4-10,23-37H2,1-3H3,(H,57,65)(H,58,66)(H,59,67)(H,60,69)(H,61,70)(H,62,71)(H,63,68)(H2,54,72,73)(H2,55,74,75)(H2,56,76,77). The highest BCUT2D eigenvalue weighted by molar-refractivity contribution is 7.89. The normalized spacial score (nSPS) is 11.9. The molecule has 13 N–H and O–H groups in total. The van der Waals surface area contributed by atoms with Crippen LogP contribution in [-0.4, -0.2) is 157 Å². The highest BCUT2D eigenvalue weighted by Crippen LogP contribution is 2.24. The van der Waals surface area contributed by atoms with E-state index in [1.165, 1.54) is 72.8 Å². The Morgan fingerprint density at radius 1 is 0.410 bits per heavy atom. The van der Waals surface area contributed by atoms with Gasteiger partial charge in [-0.25, -0.2) is 40.7 Å². The summed E-state index contributed by atoms with van der Waals surface area (Å²) in [7, 11) is -11.8. The van der Waals surface area contributed by atoms with Crippen molar-refractivity contribution >= 4 is 77.2 Å². The second kappa shape index (κ2) is 34.7. The number of amides is 7. The van der Waals surface area contributed by atoms with Crippen LogP contribution in [0.3, 0.4) is 0 Å². The number of hydrogen-bond donors (Lipinski definition) is 10. The maximum absolute atomic E-state index is 13.7. The molecule has 0 aliphatic heterocycles. The van der Waals surface area contributed by atoms with Crippen LogP contribution in [0.4, 0.5) is 0 Å². The molecule has 0 saturated heterocycles. The van der Waals surface area contributed by atoms with Crippen molar-refractivity contribution in [2.75, 3.05) is 78.9 Å². The van der Waals surface area contributed by atoms with Crippen LogP contribution in [0.25, 0.3) is 0 Å². The lowest BCUT2D eigenvalue weighted by Gasteiger charge is -2.34. The smallest absolute Gasteiger partial charge is 0.251 e. The zero-order valence-electron chi connectivity index (χ0n) is 46.9. The lowest BCUT2D eigenvalue weighted by Crippen LogP contribution is -2.58. The molecule has 0 heterocycles. The average Bonchev–Trinajstić information content (AvgIpc) is 3.49. The number of nitrogens with one attached hydrogen (secondary N) is 7. The average molecular weight is 1220 g/mol. The van der Waals surface area contributed by atoms with Gasteiger partial charge in [0.05, 0.1) is 54.3 Å². The van der Waals surface area contributed by atoms with Gasteiger partial charge in [0.1, 0.15) is 11.3 Å². The number of hydrogen-bond acceptors (Lipinski definition) is 17. The molecule has 0 spiro atoms. The lowest BCUT2D eigenvalue weighted by molar-refractivity contribution is -0.131. The van der Waals surface area contributed by atoms with Crippen molar-refractivity contribution in [3.63, 3.8) is 0 Å². The van der Waals surface area contributed by atoms with Crippen LogP contribution < -0.4 is 52.6 Å². The first-order chi connectivity index (χ1) is 39.0. The Labute approximate surface area is 484 Å². The van der Waals surface area contributed by atoms with Gasteiger partial charge >= 0.3 is 0 Å². The fourth-order valence-electron chi connectivity index (χ4n) is 7.35. The van der Waals surface area contributed by atoms with E-state index in [-0.39, 0.29) is 155 Å². The fraction of sp³-hybridized carbons (Fsp3) is 0.509.